The van der Waals surface area contributed by atoms with Crippen LogP contribution in [0.15, 0.2) is 67.0 Å². The molecular weight excluding hydrogens is 358 g/mol. The van der Waals surface area contributed by atoms with Gasteiger partial charge in [0, 0.05) is 29.6 Å². The average molecular weight is 373 g/mol. The number of non-ortho nitro benzene ring substituents is 1. The van der Waals surface area contributed by atoms with Crippen LogP contribution in [0, 0.1) is 17.0 Å². The van der Waals surface area contributed by atoms with E-state index in [2.05, 4.69) is 15.4 Å². The molecule has 0 unspecified atom stereocenters. The van der Waals surface area contributed by atoms with Gasteiger partial charge in [-0.15, -0.1) is 0 Å². The minimum absolute atomic E-state index is 0.0432. The van der Waals surface area contributed by atoms with Crippen LogP contribution >= 0.6 is 0 Å². The lowest BCUT2D eigenvalue weighted by molar-refractivity contribution is -0.384. The molecule has 28 heavy (non-hydrogen) atoms. The van der Waals surface area contributed by atoms with Crippen LogP contribution in [-0.2, 0) is 0 Å². The fourth-order valence-corrected chi connectivity index (χ4v) is 2.86. The molecule has 0 radical (unpaired) electrons. The number of anilines is 1. The van der Waals surface area contributed by atoms with Crippen LogP contribution in [0.1, 0.15) is 15.9 Å². The summed E-state index contributed by atoms with van der Waals surface area (Å²) in [4.78, 5) is 27.2. The van der Waals surface area contributed by atoms with Crippen molar-refractivity contribution >= 4 is 22.9 Å². The van der Waals surface area contributed by atoms with Crippen LogP contribution in [0.2, 0.25) is 0 Å². The van der Waals surface area contributed by atoms with Crippen molar-refractivity contribution in [3.05, 3.63) is 88.2 Å². The molecule has 0 aliphatic heterocycles. The maximum atomic E-state index is 12.7. The summed E-state index contributed by atoms with van der Waals surface area (Å²) >= 11 is 0. The summed E-state index contributed by atoms with van der Waals surface area (Å²) in [6.07, 6.45) is 3.09. The van der Waals surface area contributed by atoms with E-state index >= 15 is 0 Å². The smallest absolute Gasteiger partial charge is 0.269 e. The summed E-state index contributed by atoms with van der Waals surface area (Å²) in [6.45, 7) is 2.01. The molecule has 4 aromatic rings. The molecule has 0 aliphatic rings. The predicted octanol–water partition coefficient (Wildman–Crippen LogP) is 3.87. The molecule has 1 amide bonds. The van der Waals surface area contributed by atoms with Crippen LogP contribution < -0.4 is 5.32 Å². The molecule has 8 nitrogen and oxygen atoms in total. The van der Waals surface area contributed by atoms with Gasteiger partial charge in [0.25, 0.3) is 11.6 Å². The van der Waals surface area contributed by atoms with Crippen LogP contribution in [0.25, 0.3) is 16.9 Å². The number of fused-ring (bicyclic) bond motifs is 1. The van der Waals surface area contributed by atoms with Gasteiger partial charge < -0.3 is 5.32 Å². The fraction of sp³-hybridized carbons (Fsp3) is 0.0500. The van der Waals surface area contributed by atoms with Gasteiger partial charge in [-0.25, -0.2) is 9.50 Å². The summed E-state index contributed by atoms with van der Waals surface area (Å²) in [7, 11) is 0. The minimum atomic E-state index is -0.493. The third-order valence-corrected chi connectivity index (χ3v) is 4.33. The van der Waals surface area contributed by atoms with Crippen molar-refractivity contribution in [2.24, 2.45) is 0 Å². The van der Waals surface area contributed by atoms with Gasteiger partial charge >= 0.3 is 0 Å². The number of aromatic nitrogens is 3. The summed E-state index contributed by atoms with van der Waals surface area (Å²) in [6, 6.07) is 15.5. The number of hydrogen-bond donors (Lipinski definition) is 1. The van der Waals surface area contributed by atoms with E-state index in [-0.39, 0.29) is 5.69 Å². The Morgan fingerprint density at radius 1 is 1.07 bits per heavy atom. The van der Waals surface area contributed by atoms with Gasteiger partial charge in [0.15, 0.2) is 5.65 Å². The number of hydrogen-bond acceptors (Lipinski definition) is 5. The predicted molar refractivity (Wildman–Crippen MR) is 104 cm³/mol. The highest BCUT2D eigenvalue weighted by atomic mass is 16.6. The molecule has 0 saturated heterocycles. The van der Waals surface area contributed by atoms with Gasteiger partial charge in [-0.1, -0.05) is 29.8 Å². The quantitative estimate of drug-likeness (QED) is 0.432. The molecule has 0 aliphatic carbocycles. The number of carbonyl (C=O) groups excluding carboxylic acids is 1. The molecule has 2 aromatic heterocycles. The van der Waals surface area contributed by atoms with Crippen molar-refractivity contribution in [2.75, 3.05) is 5.32 Å². The molecule has 0 atom stereocenters. The Morgan fingerprint density at radius 3 is 2.46 bits per heavy atom. The van der Waals surface area contributed by atoms with E-state index in [0.717, 1.165) is 16.8 Å². The first-order valence-electron chi connectivity index (χ1n) is 8.48. The molecule has 4 rings (SSSR count). The maximum Gasteiger partial charge on any atom is 0.269 e. The molecule has 138 valence electrons. The molecule has 0 spiro atoms. The zero-order chi connectivity index (χ0) is 19.7. The molecule has 0 bridgehead atoms. The van der Waals surface area contributed by atoms with Crippen LogP contribution in [-0.4, -0.2) is 25.4 Å². The van der Waals surface area contributed by atoms with E-state index in [1.807, 2.05) is 37.3 Å². The highest BCUT2D eigenvalue weighted by Gasteiger charge is 2.17. The molecule has 1 N–H and O–H groups in total. The molecule has 8 heteroatoms. The van der Waals surface area contributed by atoms with E-state index < -0.39 is 10.8 Å². The van der Waals surface area contributed by atoms with Crippen LogP contribution in [0.3, 0.4) is 0 Å². The number of nitro benzene ring substituents is 1. The Balaban J connectivity index is 1.66. The Hall–Kier alpha value is -4.07. The molecular formula is C20H15N5O3. The Labute approximate surface area is 159 Å². The topological polar surface area (TPSA) is 102 Å². The first-order chi connectivity index (χ1) is 13.5. The number of nitrogens with zero attached hydrogens (tertiary/aromatic N) is 4. The fourth-order valence-electron chi connectivity index (χ4n) is 2.86. The minimum Gasteiger partial charge on any atom is -0.322 e. The highest BCUT2D eigenvalue weighted by Crippen LogP contribution is 2.22. The number of amides is 1. The third kappa shape index (κ3) is 3.18. The van der Waals surface area contributed by atoms with E-state index in [9.17, 15) is 14.9 Å². The van der Waals surface area contributed by atoms with Crippen molar-refractivity contribution in [1.82, 2.24) is 14.6 Å². The zero-order valence-corrected chi connectivity index (χ0v) is 14.9. The van der Waals surface area contributed by atoms with Crippen molar-refractivity contribution < 1.29 is 9.72 Å². The lowest BCUT2D eigenvalue weighted by Crippen LogP contribution is -2.12. The van der Waals surface area contributed by atoms with Crippen molar-refractivity contribution in [1.29, 1.82) is 0 Å². The normalized spacial score (nSPS) is 10.8. The third-order valence-electron chi connectivity index (χ3n) is 4.33. The van der Waals surface area contributed by atoms with Gasteiger partial charge in [-0.05, 0) is 25.1 Å². The van der Waals surface area contributed by atoms with E-state index in [0.29, 0.717) is 16.9 Å². The Bertz CT molecular complexity index is 1180. The average Bonchev–Trinajstić information content (AvgIpc) is 3.13. The lowest BCUT2D eigenvalue weighted by atomic mass is 10.1. The van der Waals surface area contributed by atoms with Gasteiger partial charge in [0.05, 0.1) is 16.8 Å². The monoisotopic (exact) mass is 373 g/mol. The van der Waals surface area contributed by atoms with Crippen molar-refractivity contribution in [2.45, 2.75) is 6.92 Å². The Kier molecular flexibility index (Phi) is 4.29. The first kappa shape index (κ1) is 17.3. The van der Waals surface area contributed by atoms with Gasteiger partial charge in [0.2, 0.25) is 0 Å². The largest absolute Gasteiger partial charge is 0.322 e. The summed E-state index contributed by atoms with van der Waals surface area (Å²) in [5.41, 5.74) is 4.08. The van der Waals surface area contributed by atoms with Gasteiger partial charge in [-0.3, -0.25) is 14.9 Å². The van der Waals surface area contributed by atoms with Crippen LogP contribution in [0.4, 0.5) is 11.4 Å². The lowest BCUT2D eigenvalue weighted by Gasteiger charge is -2.06. The molecule has 0 fully saturated rings. The second-order valence-corrected chi connectivity index (χ2v) is 6.25. The summed E-state index contributed by atoms with van der Waals surface area (Å²) in [5, 5.41) is 17.8. The van der Waals surface area contributed by atoms with Crippen LogP contribution in [0.5, 0.6) is 0 Å². The maximum absolute atomic E-state index is 12.7. The number of aryl methyl sites for hydroxylation is 1. The molecule has 2 heterocycles. The first-order valence-corrected chi connectivity index (χ1v) is 8.48. The summed E-state index contributed by atoms with van der Waals surface area (Å²) in [5.74, 6) is -0.391. The second-order valence-electron chi connectivity index (χ2n) is 6.25. The molecule has 0 saturated carbocycles. The number of benzene rings is 2. The van der Waals surface area contributed by atoms with E-state index in [1.165, 1.54) is 30.5 Å². The van der Waals surface area contributed by atoms with Crippen molar-refractivity contribution in [3.63, 3.8) is 0 Å². The van der Waals surface area contributed by atoms with Gasteiger partial charge in [-0.2, -0.15) is 5.10 Å². The van der Waals surface area contributed by atoms with E-state index in [4.69, 9.17) is 0 Å². The highest BCUT2D eigenvalue weighted by molar-refractivity contribution is 6.08. The number of carbonyl (C=O) groups is 1. The zero-order valence-electron chi connectivity index (χ0n) is 14.9. The second kappa shape index (κ2) is 6.92. The number of nitro groups is 1. The number of rotatable bonds is 4. The van der Waals surface area contributed by atoms with Gasteiger partial charge in [0.1, 0.15) is 5.56 Å². The standard InChI is InChI=1S/C20H15N5O3/c1-13-2-4-14(5-3-13)18-10-11-21-19-17(12-22-24(18)19)20(26)23-15-6-8-16(9-7-15)25(27)28/h2-12H,1H3,(H,23,26). The SMILES string of the molecule is Cc1ccc(-c2ccnc3c(C(=O)Nc4ccc([N+](=O)[O-])cc4)cnn23)cc1. The summed E-state index contributed by atoms with van der Waals surface area (Å²) < 4.78 is 1.62. The van der Waals surface area contributed by atoms with Crippen molar-refractivity contribution in [3.8, 4) is 11.3 Å². The van der Waals surface area contributed by atoms with E-state index in [1.54, 1.807) is 10.7 Å². The molecule has 2 aromatic carbocycles. The Morgan fingerprint density at radius 2 is 1.79 bits per heavy atom. The number of nitrogens with one attached hydrogen (secondary N) is 1.